The van der Waals surface area contributed by atoms with Crippen LogP contribution in [-0.4, -0.2) is 28.7 Å². The average Bonchev–Trinajstić information content (AvgIpc) is 2.68. The SMILES string of the molecule is CC1(CNc2nc[nH]c(=O)c2N)CCCO1. The molecule has 0 spiro atoms. The second kappa shape index (κ2) is 4.13. The van der Waals surface area contributed by atoms with Crippen LogP contribution >= 0.6 is 0 Å². The number of aromatic nitrogens is 2. The Labute approximate surface area is 93.2 Å². The monoisotopic (exact) mass is 224 g/mol. The zero-order chi connectivity index (χ0) is 11.6. The number of hydrogen-bond acceptors (Lipinski definition) is 5. The molecule has 16 heavy (non-hydrogen) atoms. The van der Waals surface area contributed by atoms with E-state index >= 15 is 0 Å². The van der Waals surface area contributed by atoms with E-state index in [4.69, 9.17) is 10.5 Å². The molecule has 88 valence electrons. The zero-order valence-electron chi connectivity index (χ0n) is 9.25. The predicted octanol–water partition coefficient (Wildman–Crippen LogP) is 0.333. The van der Waals surface area contributed by atoms with E-state index in [0.717, 1.165) is 19.4 Å². The first-order valence-corrected chi connectivity index (χ1v) is 5.32. The fourth-order valence-electron chi connectivity index (χ4n) is 1.80. The highest BCUT2D eigenvalue weighted by atomic mass is 16.5. The van der Waals surface area contributed by atoms with Crippen LogP contribution in [0, 0.1) is 0 Å². The van der Waals surface area contributed by atoms with Gasteiger partial charge in [0.2, 0.25) is 0 Å². The van der Waals surface area contributed by atoms with Crippen molar-refractivity contribution in [3.63, 3.8) is 0 Å². The van der Waals surface area contributed by atoms with E-state index in [1.807, 2.05) is 6.92 Å². The minimum atomic E-state index is -0.324. The fourth-order valence-corrected chi connectivity index (χ4v) is 1.80. The molecular weight excluding hydrogens is 208 g/mol. The maximum atomic E-state index is 11.2. The molecule has 1 aromatic rings. The van der Waals surface area contributed by atoms with Gasteiger partial charge in [-0.3, -0.25) is 4.79 Å². The first-order valence-electron chi connectivity index (χ1n) is 5.32. The fraction of sp³-hybridized carbons (Fsp3) is 0.600. The first-order chi connectivity index (χ1) is 7.61. The minimum absolute atomic E-state index is 0.115. The van der Waals surface area contributed by atoms with Gasteiger partial charge in [0.1, 0.15) is 5.69 Å². The van der Waals surface area contributed by atoms with Crippen LogP contribution in [0.5, 0.6) is 0 Å². The molecule has 0 radical (unpaired) electrons. The Bertz CT molecular complexity index is 423. The molecule has 1 aromatic heterocycles. The Morgan fingerprint density at radius 2 is 2.56 bits per heavy atom. The smallest absolute Gasteiger partial charge is 0.276 e. The van der Waals surface area contributed by atoms with Gasteiger partial charge in [-0.05, 0) is 19.8 Å². The summed E-state index contributed by atoms with van der Waals surface area (Å²) in [4.78, 5) is 17.6. The molecule has 1 unspecified atom stereocenters. The average molecular weight is 224 g/mol. The molecule has 0 amide bonds. The predicted molar refractivity (Wildman–Crippen MR) is 61.4 cm³/mol. The van der Waals surface area contributed by atoms with Crippen LogP contribution in [0.2, 0.25) is 0 Å². The van der Waals surface area contributed by atoms with Gasteiger partial charge in [0, 0.05) is 13.2 Å². The van der Waals surface area contributed by atoms with Crippen LogP contribution < -0.4 is 16.6 Å². The van der Waals surface area contributed by atoms with E-state index < -0.39 is 0 Å². The van der Waals surface area contributed by atoms with Crippen molar-refractivity contribution in [3.05, 3.63) is 16.7 Å². The number of nitrogens with two attached hydrogens (primary N) is 1. The van der Waals surface area contributed by atoms with Gasteiger partial charge in [0.25, 0.3) is 5.56 Å². The summed E-state index contributed by atoms with van der Waals surface area (Å²) < 4.78 is 5.62. The number of rotatable bonds is 3. The molecule has 0 bridgehead atoms. The molecule has 1 aliphatic heterocycles. The Balaban J connectivity index is 2.04. The van der Waals surface area contributed by atoms with Crippen LogP contribution in [0.25, 0.3) is 0 Å². The van der Waals surface area contributed by atoms with Crippen molar-refractivity contribution in [3.8, 4) is 0 Å². The lowest BCUT2D eigenvalue weighted by atomic mass is 10.0. The molecule has 1 atom stereocenters. The Morgan fingerprint density at radius 3 is 3.25 bits per heavy atom. The second-order valence-corrected chi connectivity index (χ2v) is 4.25. The van der Waals surface area contributed by atoms with Gasteiger partial charge in [-0.15, -0.1) is 0 Å². The summed E-state index contributed by atoms with van der Waals surface area (Å²) in [5, 5.41) is 3.06. The van der Waals surface area contributed by atoms with Crippen LogP contribution in [0.3, 0.4) is 0 Å². The summed E-state index contributed by atoms with van der Waals surface area (Å²) in [6, 6.07) is 0. The molecule has 6 heteroatoms. The third kappa shape index (κ3) is 2.16. The molecule has 0 aromatic carbocycles. The van der Waals surface area contributed by atoms with Crippen molar-refractivity contribution < 1.29 is 4.74 Å². The highest BCUT2D eigenvalue weighted by Gasteiger charge is 2.29. The Morgan fingerprint density at radius 1 is 1.75 bits per heavy atom. The highest BCUT2D eigenvalue weighted by Crippen LogP contribution is 2.25. The largest absolute Gasteiger partial charge is 0.391 e. The van der Waals surface area contributed by atoms with Crippen LogP contribution in [0.4, 0.5) is 11.5 Å². The maximum absolute atomic E-state index is 11.2. The highest BCUT2D eigenvalue weighted by molar-refractivity contribution is 5.58. The molecule has 2 rings (SSSR count). The van der Waals surface area contributed by atoms with E-state index in [1.165, 1.54) is 6.33 Å². The number of ether oxygens (including phenoxy) is 1. The number of nitrogens with zero attached hydrogens (tertiary/aromatic N) is 1. The number of nitrogen functional groups attached to an aromatic ring is 1. The van der Waals surface area contributed by atoms with Gasteiger partial charge >= 0.3 is 0 Å². The van der Waals surface area contributed by atoms with Gasteiger partial charge in [0.15, 0.2) is 5.82 Å². The van der Waals surface area contributed by atoms with Crippen LogP contribution in [0.15, 0.2) is 11.1 Å². The number of H-pyrrole nitrogens is 1. The quantitative estimate of drug-likeness (QED) is 0.688. The Hall–Kier alpha value is -1.56. The van der Waals surface area contributed by atoms with Crippen LogP contribution in [-0.2, 0) is 4.74 Å². The summed E-state index contributed by atoms with van der Waals surface area (Å²) in [5.41, 5.74) is 5.21. The van der Waals surface area contributed by atoms with Crippen molar-refractivity contribution >= 4 is 11.5 Å². The maximum Gasteiger partial charge on any atom is 0.276 e. The summed E-state index contributed by atoms with van der Waals surface area (Å²) in [6.45, 7) is 3.43. The van der Waals surface area contributed by atoms with Crippen molar-refractivity contribution in [2.75, 3.05) is 24.2 Å². The van der Waals surface area contributed by atoms with Gasteiger partial charge in [-0.1, -0.05) is 0 Å². The van der Waals surface area contributed by atoms with Gasteiger partial charge in [-0.25, -0.2) is 4.98 Å². The van der Waals surface area contributed by atoms with E-state index in [9.17, 15) is 4.79 Å². The lowest BCUT2D eigenvalue weighted by molar-refractivity contribution is 0.0315. The lowest BCUT2D eigenvalue weighted by Gasteiger charge is -2.23. The third-order valence-electron chi connectivity index (χ3n) is 2.82. The second-order valence-electron chi connectivity index (χ2n) is 4.25. The van der Waals surface area contributed by atoms with Crippen molar-refractivity contribution in [1.29, 1.82) is 0 Å². The summed E-state index contributed by atoms with van der Waals surface area (Å²) in [7, 11) is 0. The minimum Gasteiger partial charge on any atom is -0.391 e. The van der Waals surface area contributed by atoms with Gasteiger partial charge in [0.05, 0.1) is 11.9 Å². The molecule has 1 fully saturated rings. The van der Waals surface area contributed by atoms with E-state index in [1.54, 1.807) is 0 Å². The number of aromatic amines is 1. The number of anilines is 2. The van der Waals surface area contributed by atoms with Crippen molar-refractivity contribution in [2.24, 2.45) is 0 Å². The molecule has 1 aliphatic rings. The lowest BCUT2D eigenvalue weighted by Crippen LogP contribution is -2.33. The molecule has 6 nitrogen and oxygen atoms in total. The molecule has 1 saturated heterocycles. The van der Waals surface area contributed by atoms with E-state index in [0.29, 0.717) is 12.4 Å². The van der Waals surface area contributed by atoms with E-state index in [2.05, 4.69) is 15.3 Å². The number of hydrogen-bond donors (Lipinski definition) is 3. The normalized spacial score (nSPS) is 24.6. The van der Waals surface area contributed by atoms with Crippen molar-refractivity contribution in [1.82, 2.24) is 9.97 Å². The first kappa shape index (κ1) is 10.9. The number of nitrogens with one attached hydrogen (secondary N) is 2. The summed E-state index contributed by atoms with van der Waals surface area (Å²) >= 11 is 0. The summed E-state index contributed by atoms with van der Waals surface area (Å²) in [5.74, 6) is 0.417. The summed E-state index contributed by atoms with van der Waals surface area (Å²) in [6.07, 6.45) is 3.40. The molecule has 2 heterocycles. The van der Waals surface area contributed by atoms with Crippen molar-refractivity contribution in [2.45, 2.75) is 25.4 Å². The standard InChI is InChI=1S/C10H16N4O2/c1-10(3-2-4-16-10)5-12-8-7(11)9(15)14-6-13-8/h6H,2-5,11H2,1H3,(H2,12,13,14,15). The molecular formula is C10H16N4O2. The van der Waals surface area contributed by atoms with E-state index in [-0.39, 0.29) is 16.8 Å². The van der Waals surface area contributed by atoms with Crippen LogP contribution in [0.1, 0.15) is 19.8 Å². The Kier molecular flexibility index (Phi) is 2.82. The molecule has 0 aliphatic carbocycles. The topological polar surface area (TPSA) is 93.0 Å². The third-order valence-corrected chi connectivity index (χ3v) is 2.82. The molecule has 0 saturated carbocycles. The van der Waals surface area contributed by atoms with Gasteiger partial charge in [-0.2, -0.15) is 0 Å². The molecule has 4 N–H and O–H groups in total. The zero-order valence-corrected chi connectivity index (χ0v) is 9.25. The van der Waals surface area contributed by atoms with Gasteiger partial charge < -0.3 is 20.8 Å².